The van der Waals surface area contributed by atoms with Gasteiger partial charge < -0.3 is 15.0 Å². The van der Waals surface area contributed by atoms with Gasteiger partial charge in [0.25, 0.3) is 0 Å². The molecule has 26 heavy (non-hydrogen) atoms. The minimum atomic E-state index is -0.0417. The fourth-order valence-corrected chi connectivity index (χ4v) is 3.38. The highest BCUT2D eigenvalue weighted by Crippen LogP contribution is 2.29. The first-order valence-corrected chi connectivity index (χ1v) is 9.30. The smallest absolute Gasteiger partial charge is 0.318 e. The highest BCUT2D eigenvalue weighted by Gasteiger charge is 2.26. The molecule has 0 aromatic carbocycles. The highest BCUT2D eigenvalue weighted by molar-refractivity contribution is 5.75. The lowest BCUT2D eigenvalue weighted by Crippen LogP contribution is -2.42. The number of hydrogen-bond acceptors (Lipinski definition) is 4. The summed E-state index contributed by atoms with van der Waals surface area (Å²) in [4.78, 5) is 23.2. The van der Waals surface area contributed by atoms with Gasteiger partial charge in [-0.2, -0.15) is 0 Å². The molecule has 1 aliphatic rings. The Bertz CT molecular complexity index is 708. The predicted octanol–water partition coefficient (Wildman–Crippen LogP) is 3.70. The molecule has 1 fully saturated rings. The summed E-state index contributed by atoms with van der Waals surface area (Å²) in [6.07, 6.45) is 9.59. The summed E-state index contributed by atoms with van der Waals surface area (Å²) in [5.41, 5.74) is 2.03. The molecular formula is C20H26N4O2. The fourth-order valence-electron chi connectivity index (χ4n) is 3.38. The van der Waals surface area contributed by atoms with E-state index in [-0.39, 0.29) is 12.1 Å². The molecule has 0 spiro atoms. The predicted molar refractivity (Wildman–Crippen MR) is 99.8 cm³/mol. The second-order valence-electron chi connectivity index (χ2n) is 6.40. The number of hydrogen-bond donors (Lipinski definition) is 1. The van der Waals surface area contributed by atoms with E-state index >= 15 is 0 Å². The van der Waals surface area contributed by atoms with Gasteiger partial charge in [-0.1, -0.05) is 18.9 Å². The number of ether oxygens (including phenoxy) is 1. The van der Waals surface area contributed by atoms with E-state index in [0.29, 0.717) is 19.0 Å². The summed E-state index contributed by atoms with van der Waals surface area (Å²) in [7, 11) is 0. The molecule has 1 unspecified atom stereocenters. The maximum atomic E-state index is 12.9. The molecule has 1 N–H and O–H groups in total. The number of nitrogens with zero attached hydrogens (tertiary/aromatic N) is 3. The molecule has 6 nitrogen and oxygen atoms in total. The van der Waals surface area contributed by atoms with Crippen molar-refractivity contribution in [2.24, 2.45) is 0 Å². The molecule has 3 heterocycles. The van der Waals surface area contributed by atoms with Gasteiger partial charge in [-0.25, -0.2) is 9.78 Å². The SMILES string of the molecule is CCOc1ncccc1CNC(=O)N1CCCCCC1c1ccncc1. The Kier molecular flexibility index (Phi) is 6.41. The van der Waals surface area contributed by atoms with Crippen molar-refractivity contribution >= 4 is 6.03 Å². The average Bonchev–Trinajstić information content (AvgIpc) is 2.94. The normalized spacial score (nSPS) is 17.4. The van der Waals surface area contributed by atoms with E-state index in [4.69, 9.17) is 4.74 Å². The Labute approximate surface area is 154 Å². The topological polar surface area (TPSA) is 67.3 Å². The van der Waals surface area contributed by atoms with Crippen LogP contribution in [0.1, 0.15) is 49.8 Å². The Balaban J connectivity index is 1.70. The average molecular weight is 354 g/mol. The Morgan fingerprint density at radius 3 is 2.88 bits per heavy atom. The van der Waals surface area contributed by atoms with Crippen LogP contribution in [0.25, 0.3) is 0 Å². The van der Waals surface area contributed by atoms with Crippen molar-refractivity contribution in [3.63, 3.8) is 0 Å². The molecule has 1 saturated heterocycles. The van der Waals surface area contributed by atoms with Crippen molar-refractivity contribution in [1.29, 1.82) is 0 Å². The van der Waals surface area contributed by atoms with Gasteiger partial charge in [-0.15, -0.1) is 0 Å². The molecule has 0 radical (unpaired) electrons. The number of amides is 2. The lowest BCUT2D eigenvalue weighted by Gasteiger charge is -2.30. The molecule has 1 atom stereocenters. The molecule has 6 heteroatoms. The molecule has 0 saturated carbocycles. The number of carbonyl (C=O) groups excluding carboxylic acids is 1. The maximum absolute atomic E-state index is 12.9. The zero-order chi connectivity index (χ0) is 18.2. The van der Waals surface area contributed by atoms with Gasteiger partial charge in [-0.05, 0) is 43.5 Å². The van der Waals surface area contributed by atoms with Gasteiger partial charge in [0.2, 0.25) is 5.88 Å². The summed E-state index contributed by atoms with van der Waals surface area (Å²) < 4.78 is 5.54. The van der Waals surface area contributed by atoms with Crippen LogP contribution < -0.4 is 10.1 Å². The number of rotatable bonds is 5. The third-order valence-corrected chi connectivity index (χ3v) is 4.67. The van der Waals surface area contributed by atoms with E-state index in [0.717, 1.165) is 43.4 Å². The zero-order valence-electron chi connectivity index (χ0n) is 15.2. The molecular weight excluding hydrogens is 328 g/mol. The first-order valence-electron chi connectivity index (χ1n) is 9.30. The highest BCUT2D eigenvalue weighted by atomic mass is 16.5. The van der Waals surface area contributed by atoms with Gasteiger partial charge >= 0.3 is 6.03 Å². The Morgan fingerprint density at radius 1 is 1.23 bits per heavy atom. The largest absolute Gasteiger partial charge is 0.478 e. The van der Waals surface area contributed by atoms with Crippen molar-refractivity contribution in [3.05, 3.63) is 54.0 Å². The molecule has 2 amide bonds. The maximum Gasteiger partial charge on any atom is 0.318 e. The quantitative estimate of drug-likeness (QED) is 0.889. The van der Waals surface area contributed by atoms with Crippen LogP contribution in [0.4, 0.5) is 4.79 Å². The van der Waals surface area contributed by atoms with Gasteiger partial charge in [-0.3, -0.25) is 4.98 Å². The number of carbonyl (C=O) groups is 1. The van der Waals surface area contributed by atoms with Gasteiger partial charge in [0.15, 0.2) is 0 Å². The second-order valence-corrected chi connectivity index (χ2v) is 6.40. The van der Waals surface area contributed by atoms with Crippen molar-refractivity contribution in [3.8, 4) is 5.88 Å². The number of likely N-dealkylation sites (tertiary alicyclic amines) is 1. The van der Waals surface area contributed by atoms with E-state index < -0.39 is 0 Å². The summed E-state index contributed by atoms with van der Waals surface area (Å²) >= 11 is 0. The van der Waals surface area contributed by atoms with Crippen molar-refractivity contribution in [1.82, 2.24) is 20.2 Å². The molecule has 138 valence electrons. The number of urea groups is 1. The van der Waals surface area contributed by atoms with Gasteiger partial charge in [0.05, 0.1) is 12.6 Å². The van der Waals surface area contributed by atoms with Crippen LogP contribution in [0.15, 0.2) is 42.9 Å². The molecule has 0 aliphatic carbocycles. The van der Waals surface area contributed by atoms with E-state index in [1.165, 1.54) is 0 Å². The summed E-state index contributed by atoms with van der Waals surface area (Å²) in [6.45, 7) is 3.65. The van der Waals surface area contributed by atoms with E-state index in [2.05, 4.69) is 15.3 Å². The van der Waals surface area contributed by atoms with Crippen molar-refractivity contribution < 1.29 is 9.53 Å². The summed E-state index contributed by atoms with van der Waals surface area (Å²) in [5, 5.41) is 3.05. The molecule has 2 aromatic heterocycles. The lowest BCUT2D eigenvalue weighted by atomic mass is 10.0. The third kappa shape index (κ3) is 4.50. The minimum Gasteiger partial charge on any atom is -0.478 e. The lowest BCUT2D eigenvalue weighted by molar-refractivity contribution is 0.175. The summed E-state index contributed by atoms with van der Waals surface area (Å²) in [6, 6.07) is 7.85. The molecule has 3 rings (SSSR count). The molecule has 1 aliphatic heterocycles. The van der Waals surface area contributed by atoms with Crippen molar-refractivity contribution in [2.45, 2.75) is 45.2 Å². The van der Waals surface area contributed by atoms with Crippen molar-refractivity contribution in [2.75, 3.05) is 13.2 Å². The van der Waals surface area contributed by atoms with E-state index in [9.17, 15) is 4.79 Å². The van der Waals surface area contributed by atoms with E-state index in [1.807, 2.05) is 36.1 Å². The van der Waals surface area contributed by atoms with Crippen LogP contribution in [0.5, 0.6) is 5.88 Å². The minimum absolute atomic E-state index is 0.0417. The van der Waals surface area contributed by atoms with Crippen LogP contribution in [0.2, 0.25) is 0 Å². The Hall–Kier alpha value is -2.63. The molecule has 0 bridgehead atoms. The standard InChI is InChI=1S/C20H26N4O2/c1-2-26-19-17(7-6-11-22-19)15-23-20(25)24-14-5-3-4-8-18(24)16-9-12-21-13-10-16/h6-7,9-13,18H,2-5,8,14-15H2,1H3,(H,23,25). The Morgan fingerprint density at radius 2 is 2.08 bits per heavy atom. The first kappa shape index (κ1) is 18.2. The second kappa shape index (κ2) is 9.17. The number of aromatic nitrogens is 2. The third-order valence-electron chi connectivity index (χ3n) is 4.67. The van der Waals surface area contributed by atoms with Crippen LogP contribution in [-0.4, -0.2) is 34.1 Å². The van der Waals surface area contributed by atoms with Crippen LogP contribution in [0.3, 0.4) is 0 Å². The first-order chi connectivity index (χ1) is 12.8. The monoisotopic (exact) mass is 354 g/mol. The van der Waals surface area contributed by atoms with Crippen LogP contribution >= 0.6 is 0 Å². The number of pyridine rings is 2. The van der Waals surface area contributed by atoms with Crippen LogP contribution in [-0.2, 0) is 6.54 Å². The molecule has 2 aromatic rings. The van der Waals surface area contributed by atoms with E-state index in [1.54, 1.807) is 18.6 Å². The zero-order valence-corrected chi connectivity index (χ0v) is 15.2. The van der Waals surface area contributed by atoms with Gasteiger partial charge in [0, 0.05) is 37.2 Å². The summed E-state index contributed by atoms with van der Waals surface area (Å²) in [5.74, 6) is 0.580. The number of nitrogens with one attached hydrogen (secondary N) is 1. The van der Waals surface area contributed by atoms with Gasteiger partial charge in [0.1, 0.15) is 0 Å². The van der Waals surface area contributed by atoms with Crippen LogP contribution in [0, 0.1) is 0 Å². The fraction of sp³-hybridized carbons (Fsp3) is 0.450.